The van der Waals surface area contributed by atoms with Gasteiger partial charge in [0.25, 0.3) is 0 Å². The minimum atomic E-state index is 0.472. The fourth-order valence-corrected chi connectivity index (χ4v) is 2.03. The molecular formula is C20H15NO2. The Labute approximate surface area is 135 Å². The van der Waals surface area contributed by atoms with E-state index in [4.69, 9.17) is 15.9 Å². The number of hydrogen-bond donors (Lipinski definition) is 0. The lowest BCUT2D eigenvalue weighted by Gasteiger charge is -2.12. The van der Waals surface area contributed by atoms with E-state index in [0.29, 0.717) is 29.5 Å². The van der Waals surface area contributed by atoms with E-state index in [2.05, 4.69) is 10.9 Å². The first-order valence-corrected chi connectivity index (χ1v) is 7.21. The van der Waals surface area contributed by atoms with Crippen molar-refractivity contribution in [2.24, 2.45) is 0 Å². The number of rotatable bonds is 5. The van der Waals surface area contributed by atoms with Crippen LogP contribution in [-0.4, -0.2) is 4.98 Å². The first kappa shape index (κ1) is 14.7. The largest absolute Gasteiger partial charge is 0.485 e. The molecule has 3 aromatic rings. The molecule has 0 bridgehead atoms. The standard InChI is InChI=1S/C20H15NO2/c1-2-16-12-13-20(21-14-16)23-19-11-7-6-10-18(19)22-15-17-8-4-3-5-9-17/h1,3-14H,15H2. The lowest BCUT2D eigenvalue weighted by molar-refractivity contribution is 0.290. The fraction of sp³-hybridized carbons (Fsp3) is 0.0500. The molecule has 0 amide bonds. The molecule has 1 aromatic heterocycles. The van der Waals surface area contributed by atoms with Crippen LogP contribution >= 0.6 is 0 Å². The van der Waals surface area contributed by atoms with Crippen LogP contribution in [0.5, 0.6) is 17.4 Å². The molecule has 0 saturated carbocycles. The van der Waals surface area contributed by atoms with Gasteiger partial charge in [0.15, 0.2) is 11.5 Å². The third-order valence-corrected chi connectivity index (χ3v) is 3.20. The second-order valence-electron chi connectivity index (χ2n) is 4.85. The maximum atomic E-state index is 5.86. The summed E-state index contributed by atoms with van der Waals surface area (Å²) in [6.45, 7) is 0.477. The van der Waals surface area contributed by atoms with Crippen LogP contribution in [0.2, 0.25) is 0 Å². The van der Waals surface area contributed by atoms with E-state index >= 15 is 0 Å². The summed E-state index contributed by atoms with van der Waals surface area (Å²) in [6, 6.07) is 21.0. The molecule has 0 aliphatic rings. The minimum Gasteiger partial charge on any atom is -0.485 e. The Morgan fingerprint density at radius 3 is 2.30 bits per heavy atom. The highest BCUT2D eigenvalue weighted by molar-refractivity contribution is 5.42. The van der Waals surface area contributed by atoms with Gasteiger partial charge in [-0.2, -0.15) is 0 Å². The van der Waals surface area contributed by atoms with Gasteiger partial charge in [0.2, 0.25) is 5.88 Å². The molecule has 0 atom stereocenters. The highest BCUT2D eigenvalue weighted by atomic mass is 16.5. The normalized spacial score (nSPS) is 9.87. The Bertz CT molecular complexity index is 805. The predicted octanol–water partition coefficient (Wildman–Crippen LogP) is 4.43. The molecule has 3 heteroatoms. The summed E-state index contributed by atoms with van der Waals surface area (Å²) in [7, 11) is 0. The molecule has 2 aromatic carbocycles. The summed E-state index contributed by atoms with van der Waals surface area (Å²) in [5.74, 6) is 4.28. The zero-order chi connectivity index (χ0) is 15.9. The van der Waals surface area contributed by atoms with Crippen molar-refractivity contribution in [3.8, 4) is 29.7 Å². The third-order valence-electron chi connectivity index (χ3n) is 3.20. The average molecular weight is 301 g/mol. The van der Waals surface area contributed by atoms with Crippen molar-refractivity contribution in [2.45, 2.75) is 6.61 Å². The molecule has 3 rings (SSSR count). The molecule has 23 heavy (non-hydrogen) atoms. The molecule has 3 nitrogen and oxygen atoms in total. The second kappa shape index (κ2) is 7.15. The summed E-state index contributed by atoms with van der Waals surface area (Å²) in [6.07, 6.45) is 6.92. The van der Waals surface area contributed by atoms with Crippen LogP contribution in [0.1, 0.15) is 11.1 Å². The van der Waals surface area contributed by atoms with Gasteiger partial charge in [0.1, 0.15) is 6.61 Å². The lowest BCUT2D eigenvalue weighted by atomic mass is 10.2. The second-order valence-corrected chi connectivity index (χ2v) is 4.85. The van der Waals surface area contributed by atoms with E-state index in [0.717, 1.165) is 5.56 Å². The Balaban J connectivity index is 1.73. The van der Waals surface area contributed by atoms with Gasteiger partial charge in [-0.05, 0) is 23.8 Å². The quantitative estimate of drug-likeness (QED) is 0.653. The van der Waals surface area contributed by atoms with Gasteiger partial charge in [-0.25, -0.2) is 4.98 Å². The van der Waals surface area contributed by atoms with Crippen LogP contribution in [0.15, 0.2) is 72.9 Å². The topological polar surface area (TPSA) is 31.4 Å². The minimum absolute atomic E-state index is 0.472. The summed E-state index contributed by atoms with van der Waals surface area (Å²) in [4.78, 5) is 4.18. The number of hydrogen-bond acceptors (Lipinski definition) is 3. The highest BCUT2D eigenvalue weighted by Crippen LogP contribution is 2.30. The lowest BCUT2D eigenvalue weighted by Crippen LogP contribution is -1.97. The molecule has 0 fully saturated rings. The van der Waals surface area contributed by atoms with E-state index in [-0.39, 0.29) is 0 Å². The molecular weight excluding hydrogens is 286 g/mol. The smallest absolute Gasteiger partial charge is 0.219 e. The van der Waals surface area contributed by atoms with E-state index in [1.165, 1.54) is 0 Å². The van der Waals surface area contributed by atoms with E-state index in [9.17, 15) is 0 Å². The van der Waals surface area contributed by atoms with Crippen molar-refractivity contribution in [1.82, 2.24) is 4.98 Å². The Kier molecular flexibility index (Phi) is 4.56. The Morgan fingerprint density at radius 2 is 1.61 bits per heavy atom. The van der Waals surface area contributed by atoms with Crippen LogP contribution in [0.3, 0.4) is 0 Å². The van der Waals surface area contributed by atoms with Crippen LogP contribution in [0.25, 0.3) is 0 Å². The Hall–Kier alpha value is -3.25. The number of aromatic nitrogens is 1. The average Bonchev–Trinajstić information content (AvgIpc) is 2.62. The number of nitrogens with zero attached hydrogens (tertiary/aromatic N) is 1. The molecule has 1 heterocycles. The number of pyridine rings is 1. The molecule has 0 unspecified atom stereocenters. The SMILES string of the molecule is C#Cc1ccc(Oc2ccccc2OCc2ccccc2)nc1. The van der Waals surface area contributed by atoms with Crippen LogP contribution in [0, 0.1) is 12.3 Å². The third kappa shape index (κ3) is 3.90. The van der Waals surface area contributed by atoms with Gasteiger partial charge in [0.05, 0.1) is 0 Å². The first-order chi connectivity index (χ1) is 11.3. The molecule has 0 aliphatic carbocycles. The van der Waals surface area contributed by atoms with Crippen molar-refractivity contribution in [3.05, 3.63) is 84.1 Å². The van der Waals surface area contributed by atoms with Gasteiger partial charge >= 0.3 is 0 Å². The maximum absolute atomic E-state index is 5.86. The van der Waals surface area contributed by atoms with Gasteiger partial charge in [-0.3, -0.25) is 0 Å². The van der Waals surface area contributed by atoms with Crippen LogP contribution in [-0.2, 0) is 6.61 Å². The number of benzene rings is 2. The van der Waals surface area contributed by atoms with Crippen LogP contribution < -0.4 is 9.47 Å². The summed E-state index contributed by atoms with van der Waals surface area (Å²) in [5.41, 5.74) is 1.81. The fourth-order valence-electron chi connectivity index (χ4n) is 2.03. The summed E-state index contributed by atoms with van der Waals surface area (Å²) >= 11 is 0. The molecule has 0 saturated heterocycles. The van der Waals surface area contributed by atoms with Crippen LogP contribution in [0.4, 0.5) is 0 Å². The predicted molar refractivity (Wildman–Crippen MR) is 89.5 cm³/mol. The first-order valence-electron chi connectivity index (χ1n) is 7.21. The number of ether oxygens (including phenoxy) is 2. The molecule has 0 radical (unpaired) electrons. The Morgan fingerprint density at radius 1 is 0.870 bits per heavy atom. The van der Waals surface area contributed by atoms with Gasteiger partial charge in [-0.1, -0.05) is 48.4 Å². The monoisotopic (exact) mass is 301 g/mol. The number of terminal acetylenes is 1. The van der Waals surface area contributed by atoms with E-state index in [1.807, 2.05) is 54.6 Å². The van der Waals surface area contributed by atoms with Crippen molar-refractivity contribution in [3.63, 3.8) is 0 Å². The van der Waals surface area contributed by atoms with E-state index in [1.54, 1.807) is 18.3 Å². The van der Waals surface area contributed by atoms with Gasteiger partial charge in [-0.15, -0.1) is 6.42 Å². The van der Waals surface area contributed by atoms with Gasteiger partial charge in [0, 0.05) is 17.8 Å². The number of para-hydroxylation sites is 2. The molecule has 0 spiro atoms. The van der Waals surface area contributed by atoms with Gasteiger partial charge < -0.3 is 9.47 Å². The molecule has 0 N–H and O–H groups in total. The summed E-state index contributed by atoms with van der Waals surface area (Å²) in [5, 5.41) is 0. The zero-order valence-electron chi connectivity index (χ0n) is 12.5. The highest BCUT2D eigenvalue weighted by Gasteiger charge is 2.07. The zero-order valence-corrected chi connectivity index (χ0v) is 12.5. The summed E-state index contributed by atoms with van der Waals surface area (Å²) < 4.78 is 11.6. The molecule has 112 valence electrons. The van der Waals surface area contributed by atoms with E-state index < -0.39 is 0 Å². The van der Waals surface area contributed by atoms with Crippen molar-refractivity contribution in [1.29, 1.82) is 0 Å². The van der Waals surface area contributed by atoms with Crippen molar-refractivity contribution >= 4 is 0 Å². The maximum Gasteiger partial charge on any atom is 0.219 e. The van der Waals surface area contributed by atoms with Crippen molar-refractivity contribution in [2.75, 3.05) is 0 Å². The van der Waals surface area contributed by atoms with Crippen molar-refractivity contribution < 1.29 is 9.47 Å². The molecule has 0 aliphatic heterocycles.